The number of nitrogens with one attached hydrogen (secondary N) is 1. The van der Waals surface area contributed by atoms with E-state index in [0.29, 0.717) is 37.2 Å². The maximum atomic E-state index is 13.5. The summed E-state index contributed by atoms with van der Waals surface area (Å²) < 4.78 is 50.3. The van der Waals surface area contributed by atoms with Crippen LogP contribution in [0.4, 0.5) is 20.2 Å². The molecular formula is C23H23F2N5O3S. The molecule has 0 saturated carbocycles. The molecule has 2 heterocycles. The van der Waals surface area contributed by atoms with Gasteiger partial charge < -0.3 is 10.2 Å². The van der Waals surface area contributed by atoms with E-state index < -0.39 is 26.8 Å². The molecule has 11 heteroatoms. The van der Waals surface area contributed by atoms with Gasteiger partial charge in [0.2, 0.25) is 0 Å². The van der Waals surface area contributed by atoms with Gasteiger partial charge in [0.1, 0.15) is 11.6 Å². The third-order valence-electron chi connectivity index (χ3n) is 5.85. The van der Waals surface area contributed by atoms with Gasteiger partial charge in [-0.3, -0.25) is 4.79 Å². The van der Waals surface area contributed by atoms with Crippen LogP contribution in [-0.2, 0) is 10.0 Å². The van der Waals surface area contributed by atoms with Gasteiger partial charge in [-0.05, 0) is 67.1 Å². The minimum absolute atomic E-state index is 0.0728. The zero-order chi connectivity index (χ0) is 24.5. The van der Waals surface area contributed by atoms with Crippen LogP contribution in [0.1, 0.15) is 40.4 Å². The number of hydrogen-bond donors (Lipinski definition) is 2. The van der Waals surface area contributed by atoms with Crippen LogP contribution in [0.3, 0.4) is 0 Å². The number of nitrogens with two attached hydrogens (primary N) is 1. The van der Waals surface area contributed by atoms with Crippen molar-refractivity contribution in [2.75, 3.05) is 18.4 Å². The molecule has 1 aromatic heterocycles. The Balaban J connectivity index is 1.58. The number of carbonyl (C=O) groups excluding carboxylic acids is 1. The number of piperidine rings is 1. The molecule has 1 aliphatic rings. The van der Waals surface area contributed by atoms with E-state index in [1.807, 2.05) is 0 Å². The lowest BCUT2D eigenvalue weighted by Crippen LogP contribution is -2.38. The predicted molar refractivity (Wildman–Crippen MR) is 122 cm³/mol. The van der Waals surface area contributed by atoms with E-state index in [2.05, 4.69) is 15.5 Å². The lowest BCUT2D eigenvalue weighted by molar-refractivity contribution is 0.0706. The van der Waals surface area contributed by atoms with Crippen molar-refractivity contribution < 1.29 is 22.0 Å². The number of halogens is 2. The number of likely N-dealkylation sites (tertiary alicyclic amines) is 1. The number of aryl methyl sites for hydroxylation is 1. The Kier molecular flexibility index (Phi) is 6.58. The molecule has 0 spiro atoms. The Morgan fingerprint density at radius 3 is 2.26 bits per heavy atom. The molecule has 1 aliphatic heterocycles. The number of hydrogen-bond acceptors (Lipinski definition) is 6. The summed E-state index contributed by atoms with van der Waals surface area (Å²) in [6.07, 6.45) is 1.36. The van der Waals surface area contributed by atoms with Gasteiger partial charge in [0.15, 0.2) is 10.7 Å². The molecule has 0 radical (unpaired) electrons. The molecule has 1 saturated heterocycles. The Hall–Kier alpha value is -3.44. The minimum atomic E-state index is -4.17. The van der Waals surface area contributed by atoms with Gasteiger partial charge in [0.25, 0.3) is 15.9 Å². The highest BCUT2D eigenvalue weighted by atomic mass is 32.2. The highest BCUT2D eigenvalue weighted by molar-refractivity contribution is 7.89. The molecule has 1 fully saturated rings. The van der Waals surface area contributed by atoms with Crippen molar-refractivity contribution in [1.29, 1.82) is 0 Å². The van der Waals surface area contributed by atoms with Gasteiger partial charge >= 0.3 is 0 Å². The second-order valence-electron chi connectivity index (χ2n) is 8.19. The van der Waals surface area contributed by atoms with Crippen LogP contribution in [0.5, 0.6) is 0 Å². The van der Waals surface area contributed by atoms with Gasteiger partial charge in [0.05, 0.1) is 5.69 Å². The summed E-state index contributed by atoms with van der Waals surface area (Å²) in [6.45, 7) is 2.55. The molecule has 8 nitrogen and oxygen atoms in total. The first-order chi connectivity index (χ1) is 16.1. The van der Waals surface area contributed by atoms with Crippen LogP contribution >= 0.6 is 0 Å². The van der Waals surface area contributed by atoms with Crippen molar-refractivity contribution >= 4 is 27.3 Å². The third kappa shape index (κ3) is 5.20. The monoisotopic (exact) mass is 487 g/mol. The van der Waals surface area contributed by atoms with Crippen LogP contribution in [0.15, 0.2) is 53.6 Å². The molecule has 2 aromatic carbocycles. The number of sulfonamides is 1. The molecule has 0 unspecified atom stereocenters. The van der Waals surface area contributed by atoms with Crippen molar-refractivity contribution in [3.8, 4) is 0 Å². The number of primary sulfonamides is 1. The topological polar surface area (TPSA) is 118 Å². The normalized spacial score (nSPS) is 14.8. The molecule has 34 heavy (non-hydrogen) atoms. The first kappa shape index (κ1) is 23.7. The zero-order valence-corrected chi connectivity index (χ0v) is 19.1. The number of nitrogens with zero attached hydrogens (tertiary/aromatic N) is 3. The number of rotatable bonds is 5. The smallest absolute Gasteiger partial charge is 0.276 e. The molecule has 178 valence electrons. The first-order valence-corrected chi connectivity index (χ1v) is 12.1. The van der Waals surface area contributed by atoms with Crippen LogP contribution in [0.2, 0.25) is 0 Å². The predicted octanol–water partition coefficient (Wildman–Crippen LogP) is 3.47. The van der Waals surface area contributed by atoms with Crippen LogP contribution in [0.25, 0.3) is 0 Å². The second kappa shape index (κ2) is 9.43. The molecule has 0 bridgehead atoms. The summed E-state index contributed by atoms with van der Waals surface area (Å²) in [5, 5.41) is 15.2. The van der Waals surface area contributed by atoms with Crippen molar-refractivity contribution in [3.63, 3.8) is 0 Å². The SMILES string of the molecule is Cc1cc(F)ccc1Nc1cc(S(N)(=O)=O)nnc1C(=O)N1CCC(c2ccc(F)cc2)CC1. The van der Waals surface area contributed by atoms with Gasteiger partial charge in [-0.2, -0.15) is 0 Å². The fourth-order valence-corrected chi connectivity index (χ4v) is 4.42. The highest BCUT2D eigenvalue weighted by Crippen LogP contribution is 2.30. The first-order valence-electron chi connectivity index (χ1n) is 10.6. The average molecular weight is 488 g/mol. The summed E-state index contributed by atoms with van der Waals surface area (Å²) in [6, 6.07) is 11.5. The number of benzene rings is 2. The van der Waals surface area contributed by atoms with Crippen LogP contribution in [-0.4, -0.2) is 42.5 Å². The highest BCUT2D eigenvalue weighted by Gasteiger charge is 2.28. The maximum absolute atomic E-state index is 13.5. The Morgan fingerprint density at radius 2 is 1.65 bits per heavy atom. The van der Waals surface area contributed by atoms with E-state index in [1.165, 1.54) is 30.3 Å². The standard InChI is InChI=1S/C23H23F2N5O3S/c1-14-12-18(25)6-7-19(14)27-20-13-21(34(26,32)33)28-29-22(20)23(31)30-10-8-16(9-11-30)15-2-4-17(24)5-3-15/h2-7,12-13,16H,8-11H2,1H3,(H,27,28)(H2,26,32,33). The van der Waals surface area contributed by atoms with Crippen molar-refractivity contribution in [1.82, 2.24) is 15.1 Å². The van der Waals surface area contributed by atoms with Gasteiger partial charge in [-0.1, -0.05) is 12.1 Å². The molecule has 3 aromatic rings. The number of anilines is 2. The van der Waals surface area contributed by atoms with Crippen molar-refractivity contribution in [2.45, 2.75) is 30.7 Å². The van der Waals surface area contributed by atoms with Crippen LogP contribution < -0.4 is 10.5 Å². The van der Waals surface area contributed by atoms with Crippen molar-refractivity contribution in [3.05, 3.63) is 77.0 Å². The lowest BCUT2D eigenvalue weighted by atomic mass is 9.89. The largest absolute Gasteiger partial charge is 0.353 e. The van der Waals surface area contributed by atoms with E-state index in [-0.39, 0.29) is 23.1 Å². The third-order valence-corrected chi connectivity index (χ3v) is 6.63. The van der Waals surface area contributed by atoms with E-state index in [0.717, 1.165) is 11.6 Å². The zero-order valence-electron chi connectivity index (χ0n) is 18.3. The Bertz CT molecular complexity index is 1320. The van der Waals surface area contributed by atoms with Gasteiger partial charge in [-0.25, -0.2) is 22.3 Å². The molecule has 0 aliphatic carbocycles. The Morgan fingerprint density at radius 1 is 1.00 bits per heavy atom. The quantitative estimate of drug-likeness (QED) is 0.569. The van der Waals surface area contributed by atoms with Crippen LogP contribution in [0, 0.1) is 18.6 Å². The van der Waals surface area contributed by atoms with E-state index in [9.17, 15) is 22.0 Å². The summed E-state index contributed by atoms with van der Waals surface area (Å²) in [7, 11) is -4.17. The summed E-state index contributed by atoms with van der Waals surface area (Å²) in [4.78, 5) is 14.9. The van der Waals surface area contributed by atoms with E-state index >= 15 is 0 Å². The molecular weight excluding hydrogens is 464 g/mol. The lowest BCUT2D eigenvalue weighted by Gasteiger charge is -2.32. The molecule has 4 rings (SSSR count). The fraction of sp³-hybridized carbons (Fsp3) is 0.261. The molecule has 0 atom stereocenters. The van der Waals surface area contributed by atoms with E-state index in [1.54, 1.807) is 24.0 Å². The minimum Gasteiger partial charge on any atom is -0.353 e. The summed E-state index contributed by atoms with van der Waals surface area (Å²) >= 11 is 0. The number of aromatic nitrogens is 2. The van der Waals surface area contributed by atoms with Gasteiger partial charge in [-0.15, -0.1) is 10.2 Å². The van der Waals surface area contributed by atoms with Crippen molar-refractivity contribution in [2.24, 2.45) is 5.14 Å². The summed E-state index contributed by atoms with van der Waals surface area (Å²) in [5.41, 5.74) is 2.06. The fourth-order valence-electron chi connectivity index (χ4n) is 3.98. The Labute approximate surface area is 195 Å². The maximum Gasteiger partial charge on any atom is 0.276 e. The van der Waals surface area contributed by atoms with E-state index in [4.69, 9.17) is 5.14 Å². The second-order valence-corrected chi connectivity index (χ2v) is 9.70. The summed E-state index contributed by atoms with van der Waals surface area (Å²) in [5.74, 6) is -0.955. The van der Waals surface area contributed by atoms with Gasteiger partial charge in [0, 0.05) is 24.8 Å². The molecule has 3 N–H and O–H groups in total. The number of carbonyl (C=O) groups is 1. The molecule has 1 amide bonds. The number of amides is 1. The average Bonchev–Trinajstić information content (AvgIpc) is 2.80.